The van der Waals surface area contributed by atoms with Gasteiger partial charge >= 0.3 is 0 Å². The number of nitrogens with two attached hydrogens (primary N) is 1. The molecular weight excluding hydrogens is 210 g/mol. The fraction of sp³-hybridized carbons (Fsp3) is 0.0909. The number of nitrogens with one attached hydrogen (secondary N) is 1. The zero-order chi connectivity index (χ0) is 11.1. The fourth-order valence-electron chi connectivity index (χ4n) is 0.977. The number of allylic oxidation sites excluding steroid dienone is 1. The van der Waals surface area contributed by atoms with Crippen LogP contribution in [0, 0.1) is 5.41 Å². The third-order valence-electron chi connectivity index (χ3n) is 1.69. The van der Waals surface area contributed by atoms with Crippen LogP contribution >= 0.6 is 11.6 Å². The quantitative estimate of drug-likeness (QED) is 0.595. The number of aliphatic imine (C=N–C) groups is 1. The molecule has 0 aliphatic heterocycles. The van der Waals surface area contributed by atoms with Gasteiger partial charge in [-0.3, -0.25) is 10.4 Å². The highest BCUT2D eigenvalue weighted by Gasteiger charge is 1.89. The van der Waals surface area contributed by atoms with Gasteiger partial charge in [-0.05, 0) is 17.7 Å². The maximum atomic E-state index is 6.95. The topological polar surface area (TPSA) is 62.2 Å². The van der Waals surface area contributed by atoms with Crippen molar-refractivity contribution in [3.8, 4) is 0 Å². The van der Waals surface area contributed by atoms with E-state index in [0.29, 0.717) is 12.4 Å². The average Bonchev–Trinajstić information content (AvgIpc) is 2.25. The summed E-state index contributed by atoms with van der Waals surface area (Å²) in [6.45, 7) is 0.534. The largest absolute Gasteiger partial charge is 0.384 e. The van der Waals surface area contributed by atoms with E-state index in [0.717, 1.165) is 5.56 Å². The normalized spacial score (nSPS) is 11.9. The van der Waals surface area contributed by atoms with Crippen molar-refractivity contribution >= 4 is 22.6 Å². The molecule has 0 atom stereocenters. The zero-order valence-corrected chi connectivity index (χ0v) is 8.91. The summed E-state index contributed by atoms with van der Waals surface area (Å²) >= 11 is 5.32. The van der Waals surface area contributed by atoms with Gasteiger partial charge in [0.05, 0.1) is 6.54 Å². The molecule has 3 nitrogen and oxygen atoms in total. The molecule has 1 rings (SSSR count). The second kappa shape index (κ2) is 5.98. The van der Waals surface area contributed by atoms with Crippen LogP contribution in [0.4, 0.5) is 0 Å². The minimum atomic E-state index is -0.0622. The highest BCUT2D eigenvalue weighted by molar-refractivity contribution is 6.67. The van der Waals surface area contributed by atoms with Gasteiger partial charge in [0, 0.05) is 0 Å². The molecule has 0 aliphatic rings. The van der Waals surface area contributed by atoms with Gasteiger partial charge in [0.1, 0.15) is 11.0 Å². The maximum absolute atomic E-state index is 6.95. The molecule has 78 valence electrons. The van der Waals surface area contributed by atoms with Crippen molar-refractivity contribution in [3.63, 3.8) is 0 Å². The smallest absolute Gasteiger partial charge is 0.120 e. The van der Waals surface area contributed by atoms with E-state index in [9.17, 15) is 0 Å². The van der Waals surface area contributed by atoms with Crippen molar-refractivity contribution in [1.29, 1.82) is 5.41 Å². The van der Waals surface area contributed by atoms with E-state index in [-0.39, 0.29) is 5.17 Å². The molecule has 0 saturated heterocycles. The van der Waals surface area contributed by atoms with Gasteiger partial charge < -0.3 is 5.73 Å². The lowest BCUT2D eigenvalue weighted by Gasteiger charge is -1.96. The molecule has 3 N–H and O–H groups in total. The van der Waals surface area contributed by atoms with Crippen molar-refractivity contribution in [1.82, 2.24) is 0 Å². The molecule has 0 unspecified atom stereocenters. The molecule has 0 aromatic heterocycles. The Morgan fingerprint density at radius 3 is 2.60 bits per heavy atom. The minimum Gasteiger partial charge on any atom is -0.384 e. The molecule has 1 aromatic carbocycles. The van der Waals surface area contributed by atoms with Gasteiger partial charge in [-0.25, -0.2) is 0 Å². The second-order valence-corrected chi connectivity index (χ2v) is 3.32. The van der Waals surface area contributed by atoms with Crippen LogP contribution in [0.5, 0.6) is 0 Å². The van der Waals surface area contributed by atoms with Crippen LogP contribution < -0.4 is 5.73 Å². The van der Waals surface area contributed by atoms with Crippen molar-refractivity contribution in [3.05, 3.63) is 48.0 Å². The first-order valence-corrected chi connectivity index (χ1v) is 4.82. The number of nitrogens with zero attached hydrogens (tertiary/aromatic N) is 1. The standard InChI is InChI=1S/C11H12ClN3/c12-10(13)6-7-11(14)15-8-9-4-2-1-3-5-9/h1-7,13H,8H2,(H2,14,15)/b7-6-,13-10?. The fourth-order valence-corrected chi connectivity index (χ4v) is 1.04. The summed E-state index contributed by atoms with van der Waals surface area (Å²) in [6, 6.07) is 9.80. The summed E-state index contributed by atoms with van der Waals surface area (Å²) in [5.74, 6) is 0.365. The summed E-state index contributed by atoms with van der Waals surface area (Å²) in [7, 11) is 0. The Morgan fingerprint density at radius 2 is 2.00 bits per heavy atom. The van der Waals surface area contributed by atoms with Gasteiger partial charge in [-0.1, -0.05) is 41.9 Å². The Morgan fingerprint density at radius 1 is 1.33 bits per heavy atom. The molecule has 15 heavy (non-hydrogen) atoms. The Balaban J connectivity index is 2.55. The number of benzene rings is 1. The van der Waals surface area contributed by atoms with E-state index < -0.39 is 0 Å². The summed E-state index contributed by atoms with van der Waals surface area (Å²) in [5, 5.41) is 6.89. The van der Waals surface area contributed by atoms with Gasteiger partial charge in [0.2, 0.25) is 0 Å². The van der Waals surface area contributed by atoms with Crippen molar-refractivity contribution < 1.29 is 0 Å². The van der Waals surface area contributed by atoms with E-state index in [2.05, 4.69) is 4.99 Å². The summed E-state index contributed by atoms with van der Waals surface area (Å²) in [5.41, 5.74) is 6.67. The molecule has 0 spiro atoms. The van der Waals surface area contributed by atoms with Crippen LogP contribution in [0.25, 0.3) is 0 Å². The lowest BCUT2D eigenvalue weighted by molar-refractivity contribution is 1.06. The first-order chi connectivity index (χ1) is 7.18. The summed E-state index contributed by atoms with van der Waals surface area (Å²) in [4.78, 5) is 4.12. The number of hydrogen-bond donors (Lipinski definition) is 2. The highest BCUT2D eigenvalue weighted by Crippen LogP contribution is 1.99. The van der Waals surface area contributed by atoms with Crippen LogP contribution in [0.3, 0.4) is 0 Å². The first kappa shape index (κ1) is 11.5. The Bertz CT molecular complexity index is 382. The second-order valence-electron chi connectivity index (χ2n) is 2.91. The Labute approximate surface area is 93.8 Å². The van der Waals surface area contributed by atoms with E-state index in [1.165, 1.54) is 12.2 Å². The van der Waals surface area contributed by atoms with Crippen LogP contribution in [0.15, 0.2) is 47.5 Å². The number of halogens is 1. The van der Waals surface area contributed by atoms with Crippen LogP contribution in [-0.4, -0.2) is 11.0 Å². The average molecular weight is 222 g/mol. The number of amidine groups is 1. The molecule has 0 bridgehead atoms. The van der Waals surface area contributed by atoms with Gasteiger partial charge in [-0.15, -0.1) is 0 Å². The molecule has 0 heterocycles. The van der Waals surface area contributed by atoms with Crippen molar-refractivity contribution in [2.75, 3.05) is 0 Å². The molecule has 0 fully saturated rings. The predicted molar refractivity (Wildman–Crippen MR) is 64.5 cm³/mol. The molecule has 0 aliphatic carbocycles. The molecule has 4 heteroatoms. The monoisotopic (exact) mass is 221 g/mol. The molecule has 0 saturated carbocycles. The van der Waals surface area contributed by atoms with E-state index in [1.54, 1.807) is 0 Å². The van der Waals surface area contributed by atoms with Gasteiger partial charge in [-0.2, -0.15) is 0 Å². The maximum Gasteiger partial charge on any atom is 0.120 e. The lowest BCUT2D eigenvalue weighted by atomic mass is 10.2. The number of rotatable bonds is 4. The molecular formula is C11H12ClN3. The van der Waals surface area contributed by atoms with E-state index >= 15 is 0 Å². The Hall–Kier alpha value is -1.61. The predicted octanol–water partition coefficient (Wildman–Crippen LogP) is 2.32. The highest BCUT2D eigenvalue weighted by atomic mass is 35.5. The summed E-state index contributed by atoms with van der Waals surface area (Å²) in [6.07, 6.45) is 2.91. The third-order valence-corrected chi connectivity index (χ3v) is 1.81. The third kappa shape index (κ3) is 4.98. The van der Waals surface area contributed by atoms with Crippen LogP contribution in [0.2, 0.25) is 0 Å². The van der Waals surface area contributed by atoms with Crippen LogP contribution in [-0.2, 0) is 6.54 Å². The van der Waals surface area contributed by atoms with Gasteiger partial charge in [0.25, 0.3) is 0 Å². The van der Waals surface area contributed by atoms with Crippen molar-refractivity contribution in [2.24, 2.45) is 10.7 Å². The van der Waals surface area contributed by atoms with Crippen LogP contribution in [0.1, 0.15) is 5.56 Å². The zero-order valence-electron chi connectivity index (χ0n) is 8.15. The van der Waals surface area contributed by atoms with E-state index in [4.69, 9.17) is 22.7 Å². The van der Waals surface area contributed by atoms with Gasteiger partial charge in [0.15, 0.2) is 0 Å². The minimum absolute atomic E-state index is 0.0622. The van der Waals surface area contributed by atoms with Crippen molar-refractivity contribution in [2.45, 2.75) is 6.54 Å². The molecule has 0 radical (unpaired) electrons. The SMILES string of the molecule is N=C(Cl)/C=C\C(N)=NCc1ccccc1. The summed E-state index contributed by atoms with van der Waals surface area (Å²) < 4.78 is 0. The first-order valence-electron chi connectivity index (χ1n) is 4.44. The molecule has 1 aromatic rings. The van der Waals surface area contributed by atoms with E-state index in [1.807, 2.05) is 30.3 Å². The number of hydrogen-bond acceptors (Lipinski definition) is 2. The lowest BCUT2D eigenvalue weighted by Crippen LogP contribution is -2.08. The Kier molecular flexibility index (Phi) is 4.57. The molecule has 0 amide bonds.